The number of carbonyl (C=O) groups excluding carboxylic acids is 1. The van der Waals surface area contributed by atoms with E-state index < -0.39 is 29.2 Å². The molecule has 0 spiro atoms. The highest BCUT2D eigenvalue weighted by Gasteiger charge is 2.38. The van der Waals surface area contributed by atoms with Gasteiger partial charge in [-0.2, -0.15) is 18.3 Å². The number of pyridine rings is 1. The zero-order valence-electron chi connectivity index (χ0n) is 20.0. The Hall–Kier alpha value is -4.00. The van der Waals surface area contributed by atoms with Gasteiger partial charge >= 0.3 is 6.18 Å². The van der Waals surface area contributed by atoms with Crippen LogP contribution in [0.25, 0.3) is 16.6 Å². The minimum atomic E-state index is -4.74. The van der Waals surface area contributed by atoms with Crippen molar-refractivity contribution >= 4 is 28.1 Å². The second kappa shape index (κ2) is 9.14. The smallest absolute Gasteiger partial charge is 0.367 e. The van der Waals surface area contributed by atoms with Crippen LogP contribution in [-0.2, 0) is 12.7 Å². The van der Waals surface area contributed by atoms with Crippen LogP contribution in [0.1, 0.15) is 27.3 Å². The fraction of sp³-hybridized carbons (Fsp3) is 0.333. The maximum absolute atomic E-state index is 15.4. The second-order valence-corrected chi connectivity index (χ2v) is 8.88. The van der Waals surface area contributed by atoms with Crippen molar-refractivity contribution in [1.29, 1.82) is 0 Å². The number of H-pyrrole nitrogens is 1. The summed E-state index contributed by atoms with van der Waals surface area (Å²) < 4.78 is 57.9. The molecule has 194 valence electrons. The first kappa shape index (κ1) is 24.7. The van der Waals surface area contributed by atoms with Crippen molar-refractivity contribution in [3.05, 3.63) is 69.1 Å². The molecule has 4 heterocycles. The molecule has 1 aliphatic heterocycles. The van der Waals surface area contributed by atoms with Gasteiger partial charge in [-0.3, -0.25) is 14.5 Å². The largest absolute Gasteiger partial charge is 0.435 e. The Morgan fingerprint density at radius 1 is 1.14 bits per heavy atom. The van der Waals surface area contributed by atoms with Crippen molar-refractivity contribution in [3.63, 3.8) is 0 Å². The Morgan fingerprint density at radius 3 is 2.54 bits per heavy atom. The van der Waals surface area contributed by atoms with Crippen LogP contribution in [0.5, 0.6) is 0 Å². The monoisotopic (exact) mass is 517 g/mol. The lowest BCUT2D eigenvalue weighted by atomic mass is 10.1. The van der Waals surface area contributed by atoms with Crippen molar-refractivity contribution in [3.8, 4) is 0 Å². The third-order valence-electron chi connectivity index (χ3n) is 6.54. The number of aryl methyl sites for hydroxylation is 1. The van der Waals surface area contributed by atoms with Crippen molar-refractivity contribution in [1.82, 2.24) is 29.8 Å². The van der Waals surface area contributed by atoms with Crippen molar-refractivity contribution < 1.29 is 22.4 Å². The number of piperazine rings is 1. The zero-order chi connectivity index (χ0) is 26.5. The molecule has 2 N–H and O–H groups in total. The summed E-state index contributed by atoms with van der Waals surface area (Å²) in [7, 11) is 1.32. The van der Waals surface area contributed by atoms with Gasteiger partial charge < -0.3 is 15.2 Å². The second-order valence-electron chi connectivity index (χ2n) is 8.88. The van der Waals surface area contributed by atoms with Gasteiger partial charge in [0.2, 0.25) is 0 Å². The van der Waals surface area contributed by atoms with Crippen LogP contribution in [0.2, 0.25) is 0 Å². The number of nitrogens with zero attached hydrogens (tertiary/aromatic N) is 5. The van der Waals surface area contributed by atoms with Crippen LogP contribution >= 0.6 is 0 Å². The number of hydrogen-bond acceptors (Lipinski definition) is 6. The van der Waals surface area contributed by atoms with E-state index in [0.717, 1.165) is 0 Å². The highest BCUT2D eigenvalue weighted by molar-refractivity contribution is 5.92. The van der Waals surface area contributed by atoms with Gasteiger partial charge in [0, 0.05) is 50.9 Å². The molecule has 1 aliphatic rings. The molecule has 1 amide bonds. The predicted octanol–water partition coefficient (Wildman–Crippen LogP) is 2.72. The molecule has 5 rings (SSSR count). The molecule has 4 aromatic rings. The van der Waals surface area contributed by atoms with E-state index in [1.165, 1.54) is 23.7 Å². The van der Waals surface area contributed by atoms with E-state index >= 15 is 4.39 Å². The molecule has 0 bridgehead atoms. The van der Waals surface area contributed by atoms with Crippen LogP contribution in [-0.4, -0.2) is 63.6 Å². The van der Waals surface area contributed by atoms with E-state index in [2.05, 4.69) is 20.4 Å². The lowest BCUT2D eigenvalue weighted by molar-refractivity contribution is -0.140. The van der Waals surface area contributed by atoms with Crippen LogP contribution in [0, 0.1) is 12.7 Å². The van der Waals surface area contributed by atoms with E-state index in [1.54, 1.807) is 30.2 Å². The molecule has 0 unspecified atom stereocenters. The molecule has 0 radical (unpaired) electrons. The number of alkyl halides is 3. The Morgan fingerprint density at radius 2 is 1.86 bits per heavy atom. The first-order valence-corrected chi connectivity index (χ1v) is 11.5. The molecule has 0 saturated carbocycles. The summed E-state index contributed by atoms with van der Waals surface area (Å²) in [5, 5.41) is 6.45. The minimum absolute atomic E-state index is 0.0498. The number of amides is 1. The summed E-state index contributed by atoms with van der Waals surface area (Å²) in [6, 6.07) is 5.84. The van der Waals surface area contributed by atoms with Gasteiger partial charge in [-0.15, -0.1) is 0 Å². The highest BCUT2D eigenvalue weighted by Crippen LogP contribution is 2.36. The molecule has 1 aromatic carbocycles. The zero-order valence-corrected chi connectivity index (χ0v) is 20.0. The van der Waals surface area contributed by atoms with Crippen LogP contribution < -0.4 is 15.8 Å². The molecule has 3 aromatic heterocycles. The molecule has 0 atom stereocenters. The van der Waals surface area contributed by atoms with Crippen LogP contribution in [0.3, 0.4) is 0 Å². The van der Waals surface area contributed by atoms with Crippen LogP contribution in [0.15, 0.2) is 35.3 Å². The number of hydrogen-bond donors (Lipinski definition) is 2. The summed E-state index contributed by atoms with van der Waals surface area (Å²) in [4.78, 5) is 33.9. The van der Waals surface area contributed by atoms with E-state index in [1.807, 2.05) is 4.90 Å². The third-order valence-corrected chi connectivity index (χ3v) is 6.54. The first-order valence-electron chi connectivity index (χ1n) is 11.5. The average Bonchev–Trinajstić information content (AvgIpc) is 3.27. The van der Waals surface area contributed by atoms with E-state index in [-0.39, 0.29) is 36.5 Å². The van der Waals surface area contributed by atoms with Gasteiger partial charge in [-0.25, -0.2) is 13.9 Å². The molecule has 0 aliphatic carbocycles. The number of aromatic amines is 1. The number of carbonyl (C=O) groups is 1. The van der Waals surface area contributed by atoms with Gasteiger partial charge in [-0.05, 0) is 25.1 Å². The molecule has 1 saturated heterocycles. The number of aromatic nitrogens is 4. The van der Waals surface area contributed by atoms with Gasteiger partial charge in [-0.1, -0.05) is 6.07 Å². The fourth-order valence-corrected chi connectivity index (χ4v) is 4.65. The molecule has 13 heteroatoms. The van der Waals surface area contributed by atoms with Gasteiger partial charge in [0.1, 0.15) is 16.7 Å². The summed E-state index contributed by atoms with van der Waals surface area (Å²) in [6.07, 6.45) is -3.19. The minimum Gasteiger partial charge on any atom is -0.367 e. The lowest BCUT2D eigenvalue weighted by Gasteiger charge is -2.37. The standard InChI is InChI=1S/C24H23F4N7O2/c1-13-11-30-35-16-5-3-14(18(25)19(16)32-23(37)20(13)35)12-33-7-9-34(10-8-33)17-6-4-15(22(36)29-2)31-21(17)24(26,27)28/h3-6,11H,7-10,12H2,1-2H3,(H,29,36)(H,32,37). The maximum atomic E-state index is 15.4. The number of nitrogens with one attached hydrogen (secondary N) is 2. The maximum Gasteiger partial charge on any atom is 0.435 e. The normalized spacial score (nSPS) is 15.0. The quantitative estimate of drug-likeness (QED) is 0.404. The van der Waals surface area contributed by atoms with Crippen molar-refractivity contribution in [2.45, 2.75) is 19.6 Å². The molecular formula is C24H23F4N7O2. The van der Waals surface area contributed by atoms with Crippen LogP contribution in [0.4, 0.5) is 23.2 Å². The van der Waals surface area contributed by atoms with E-state index in [9.17, 15) is 22.8 Å². The molecule has 9 nitrogen and oxygen atoms in total. The summed E-state index contributed by atoms with van der Waals surface area (Å²) >= 11 is 0. The predicted molar refractivity (Wildman–Crippen MR) is 128 cm³/mol. The number of rotatable bonds is 4. The van der Waals surface area contributed by atoms with Gasteiger partial charge in [0.05, 0.1) is 17.4 Å². The SMILES string of the molecule is CNC(=O)c1ccc(N2CCN(Cc3ccc4c([nH]c(=O)c5c(C)cnn54)c3F)CC2)c(C(F)(F)F)n1. The van der Waals surface area contributed by atoms with E-state index in [4.69, 9.17) is 0 Å². The fourth-order valence-electron chi connectivity index (χ4n) is 4.65. The van der Waals surface area contributed by atoms with E-state index in [0.29, 0.717) is 35.2 Å². The Labute approximate surface area is 207 Å². The van der Waals surface area contributed by atoms with Crippen molar-refractivity contribution in [2.24, 2.45) is 0 Å². The van der Waals surface area contributed by atoms with Crippen molar-refractivity contribution in [2.75, 3.05) is 38.1 Å². The Kier molecular flexibility index (Phi) is 6.10. The first-order chi connectivity index (χ1) is 17.6. The average molecular weight is 517 g/mol. The lowest BCUT2D eigenvalue weighted by Crippen LogP contribution is -2.46. The topological polar surface area (TPSA) is 98.6 Å². The van der Waals surface area contributed by atoms with Gasteiger partial charge in [0.15, 0.2) is 11.5 Å². The molecular weight excluding hydrogens is 494 g/mol. The number of anilines is 1. The summed E-state index contributed by atoms with van der Waals surface area (Å²) in [5.41, 5.74) is -0.111. The molecule has 37 heavy (non-hydrogen) atoms. The Balaban J connectivity index is 1.36. The summed E-state index contributed by atoms with van der Waals surface area (Å²) in [5.74, 6) is -1.27. The highest BCUT2D eigenvalue weighted by atomic mass is 19.4. The number of fused-ring (bicyclic) bond motifs is 3. The third kappa shape index (κ3) is 4.39. The number of halogens is 4. The number of benzene rings is 1. The Bertz CT molecular complexity index is 1570. The van der Waals surface area contributed by atoms with Gasteiger partial charge in [0.25, 0.3) is 11.5 Å². The summed E-state index contributed by atoms with van der Waals surface area (Å²) in [6.45, 7) is 3.22. The molecule has 1 fully saturated rings.